The van der Waals surface area contributed by atoms with Crippen LogP contribution < -0.4 is 0 Å². The molecule has 5 nitrogen and oxygen atoms in total. The van der Waals surface area contributed by atoms with Crippen molar-refractivity contribution < 1.29 is 25.6 Å². The van der Waals surface area contributed by atoms with E-state index in [0.29, 0.717) is 3.71 Å². The van der Waals surface area contributed by atoms with Gasteiger partial charge in [0.15, 0.2) is 0 Å². The van der Waals surface area contributed by atoms with Crippen LogP contribution in [0.25, 0.3) is 0 Å². The lowest BCUT2D eigenvalue weighted by Gasteiger charge is -2.35. The Morgan fingerprint density at radius 3 is 1.35 bits per heavy atom. The molecular formula is C17H19F2NO4S2. The molecule has 0 aliphatic heterocycles. The van der Waals surface area contributed by atoms with E-state index in [0.717, 1.165) is 48.5 Å². The quantitative estimate of drug-likeness (QED) is 0.740. The summed E-state index contributed by atoms with van der Waals surface area (Å²) in [7, 11) is -9.04. The largest absolute Gasteiger partial charge is 0.256 e. The van der Waals surface area contributed by atoms with Crippen LogP contribution in [0.15, 0.2) is 58.3 Å². The standard InChI is InChI=1S/C17H19F2NO4S2/c1-4-17(2,3)20(25(21,22)15-9-5-13(18)6-10-15)26(23,24)16-11-7-14(19)8-12-16/h5-12H,4H2,1-3H3. The van der Waals surface area contributed by atoms with E-state index in [2.05, 4.69) is 0 Å². The van der Waals surface area contributed by atoms with Gasteiger partial charge in [-0.3, -0.25) is 0 Å². The van der Waals surface area contributed by atoms with Crippen molar-refractivity contribution in [1.29, 1.82) is 0 Å². The van der Waals surface area contributed by atoms with Gasteiger partial charge in [-0.2, -0.15) is 0 Å². The normalized spacial score (nSPS) is 13.2. The van der Waals surface area contributed by atoms with E-state index in [1.807, 2.05) is 0 Å². The molecule has 0 fully saturated rings. The molecule has 0 atom stereocenters. The number of hydrogen-bond acceptors (Lipinski definition) is 4. The van der Waals surface area contributed by atoms with Crippen molar-refractivity contribution in [1.82, 2.24) is 3.71 Å². The molecule has 0 saturated carbocycles. The van der Waals surface area contributed by atoms with Crippen molar-refractivity contribution in [3.63, 3.8) is 0 Å². The third-order valence-electron chi connectivity index (χ3n) is 4.02. The fourth-order valence-corrected chi connectivity index (χ4v) is 6.77. The third-order valence-corrected chi connectivity index (χ3v) is 8.79. The van der Waals surface area contributed by atoms with Gasteiger partial charge in [0.1, 0.15) is 11.6 Å². The molecule has 0 saturated heterocycles. The number of hydrogen-bond donors (Lipinski definition) is 0. The van der Waals surface area contributed by atoms with E-state index in [9.17, 15) is 25.6 Å². The molecular weight excluding hydrogens is 384 g/mol. The average molecular weight is 403 g/mol. The summed E-state index contributed by atoms with van der Waals surface area (Å²) in [6, 6.07) is 7.77. The Labute approximate surface area is 152 Å². The highest BCUT2D eigenvalue weighted by molar-refractivity contribution is 8.04. The van der Waals surface area contributed by atoms with Gasteiger partial charge in [-0.15, -0.1) is 0 Å². The van der Waals surface area contributed by atoms with Crippen LogP contribution in [0.5, 0.6) is 0 Å². The molecule has 26 heavy (non-hydrogen) atoms. The Kier molecular flexibility index (Phi) is 5.55. The molecule has 9 heteroatoms. The van der Waals surface area contributed by atoms with E-state index in [1.54, 1.807) is 6.92 Å². The van der Waals surface area contributed by atoms with Crippen molar-refractivity contribution in [2.45, 2.75) is 42.5 Å². The Balaban J connectivity index is 2.72. The molecule has 0 bridgehead atoms. The van der Waals surface area contributed by atoms with Crippen molar-refractivity contribution in [3.05, 3.63) is 60.2 Å². The minimum absolute atomic E-state index is 0.188. The number of sulfonamides is 2. The van der Waals surface area contributed by atoms with Crippen molar-refractivity contribution in [3.8, 4) is 0 Å². The summed E-state index contributed by atoms with van der Waals surface area (Å²) < 4.78 is 79.1. The Bertz CT molecular complexity index is 909. The lowest BCUT2D eigenvalue weighted by molar-refractivity contribution is 0.313. The molecule has 2 aromatic rings. The first-order chi connectivity index (χ1) is 11.9. The van der Waals surface area contributed by atoms with Crippen molar-refractivity contribution in [2.24, 2.45) is 0 Å². The number of nitrogens with zero attached hydrogens (tertiary/aromatic N) is 1. The molecule has 0 radical (unpaired) electrons. The number of rotatable bonds is 6. The fraction of sp³-hybridized carbons (Fsp3) is 0.294. The first-order valence-corrected chi connectivity index (χ1v) is 10.6. The van der Waals surface area contributed by atoms with Gasteiger partial charge in [-0.1, -0.05) is 10.6 Å². The maximum Gasteiger partial charge on any atom is 0.256 e. The highest BCUT2D eigenvalue weighted by Crippen LogP contribution is 2.33. The van der Waals surface area contributed by atoms with Crippen LogP contribution in [0.1, 0.15) is 27.2 Å². The molecule has 2 aromatic carbocycles. The second kappa shape index (κ2) is 7.05. The lowest BCUT2D eigenvalue weighted by atomic mass is 10.0. The van der Waals surface area contributed by atoms with E-state index >= 15 is 0 Å². The molecule has 0 spiro atoms. The minimum Gasteiger partial charge on any atom is -0.207 e. The monoisotopic (exact) mass is 403 g/mol. The minimum atomic E-state index is -4.52. The zero-order chi connectivity index (χ0) is 19.8. The van der Waals surface area contributed by atoms with Gasteiger partial charge in [-0.25, -0.2) is 25.6 Å². The third kappa shape index (κ3) is 3.79. The summed E-state index contributed by atoms with van der Waals surface area (Å²) >= 11 is 0. The van der Waals surface area contributed by atoms with Gasteiger partial charge in [0.25, 0.3) is 20.0 Å². The summed E-state index contributed by atoms with van der Waals surface area (Å²) in [6.07, 6.45) is 0.188. The maximum absolute atomic E-state index is 13.2. The first-order valence-electron chi connectivity index (χ1n) is 7.75. The van der Waals surface area contributed by atoms with Crippen LogP contribution in [0.3, 0.4) is 0 Å². The topological polar surface area (TPSA) is 71.5 Å². The summed E-state index contributed by atoms with van der Waals surface area (Å²) in [4.78, 5) is -0.711. The summed E-state index contributed by atoms with van der Waals surface area (Å²) in [5.74, 6) is -1.29. The molecule has 0 aromatic heterocycles. The summed E-state index contributed by atoms with van der Waals surface area (Å²) in [5.41, 5.74) is -1.31. The van der Waals surface area contributed by atoms with Crippen LogP contribution in [-0.2, 0) is 20.0 Å². The zero-order valence-electron chi connectivity index (χ0n) is 14.5. The predicted octanol–water partition coefficient (Wildman–Crippen LogP) is 3.53. The average Bonchev–Trinajstić information content (AvgIpc) is 2.55. The van der Waals surface area contributed by atoms with Gasteiger partial charge in [0.05, 0.1) is 9.79 Å². The molecule has 0 aliphatic carbocycles. The summed E-state index contributed by atoms with van der Waals surface area (Å²) in [6.45, 7) is 4.58. The fourth-order valence-electron chi connectivity index (χ4n) is 2.31. The van der Waals surface area contributed by atoms with Gasteiger partial charge >= 0.3 is 0 Å². The van der Waals surface area contributed by atoms with E-state index in [-0.39, 0.29) is 16.2 Å². The number of benzene rings is 2. The lowest BCUT2D eigenvalue weighted by Crippen LogP contribution is -2.50. The van der Waals surface area contributed by atoms with E-state index in [1.165, 1.54) is 13.8 Å². The van der Waals surface area contributed by atoms with Gasteiger partial charge in [-0.05, 0) is 68.8 Å². The Morgan fingerprint density at radius 2 is 1.08 bits per heavy atom. The van der Waals surface area contributed by atoms with Crippen LogP contribution in [0.4, 0.5) is 8.78 Å². The van der Waals surface area contributed by atoms with Gasteiger partial charge in [0.2, 0.25) is 0 Å². The van der Waals surface area contributed by atoms with Gasteiger partial charge < -0.3 is 0 Å². The molecule has 0 amide bonds. The molecule has 0 unspecified atom stereocenters. The Morgan fingerprint density at radius 1 is 0.769 bits per heavy atom. The van der Waals surface area contributed by atoms with E-state index in [4.69, 9.17) is 0 Å². The molecule has 0 N–H and O–H groups in total. The maximum atomic E-state index is 13.2. The van der Waals surface area contributed by atoms with Crippen LogP contribution in [0, 0.1) is 11.6 Å². The van der Waals surface area contributed by atoms with Crippen LogP contribution in [0.2, 0.25) is 0 Å². The second-order valence-electron chi connectivity index (χ2n) is 6.28. The van der Waals surface area contributed by atoms with Crippen LogP contribution in [-0.4, -0.2) is 26.1 Å². The first kappa shape index (κ1) is 20.5. The SMILES string of the molecule is CCC(C)(C)N(S(=O)(=O)c1ccc(F)cc1)S(=O)(=O)c1ccc(F)cc1. The van der Waals surface area contributed by atoms with Gasteiger partial charge in [0, 0.05) is 5.54 Å². The molecule has 0 aliphatic rings. The number of halogens is 2. The molecule has 0 heterocycles. The highest BCUT2D eigenvalue weighted by atomic mass is 32.3. The predicted molar refractivity (Wildman–Crippen MR) is 93.4 cm³/mol. The van der Waals surface area contributed by atoms with Crippen LogP contribution >= 0.6 is 0 Å². The highest BCUT2D eigenvalue weighted by Gasteiger charge is 2.45. The van der Waals surface area contributed by atoms with Crippen molar-refractivity contribution in [2.75, 3.05) is 0 Å². The molecule has 142 valence electrons. The smallest absolute Gasteiger partial charge is 0.207 e. The van der Waals surface area contributed by atoms with E-state index < -0.39 is 37.2 Å². The molecule has 2 rings (SSSR count). The second-order valence-corrected chi connectivity index (χ2v) is 10.1. The van der Waals surface area contributed by atoms with Crippen molar-refractivity contribution >= 4 is 20.0 Å². The summed E-state index contributed by atoms with van der Waals surface area (Å²) in [5, 5.41) is 0. The Hall–Kier alpha value is -1.84. The zero-order valence-corrected chi connectivity index (χ0v) is 16.1.